The Kier molecular flexibility index (Phi) is 11.1. The zero-order valence-electron chi connectivity index (χ0n) is 24.8. The summed E-state index contributed by atoms with van der Waals surface area (Å²) in [6.07, 6.45) is -0.196. The molecule has 2 amide bonds. The Hall–Kier alpha value is -3.28. The second-order valence-electron chi connectivity index (χ2n) is 11.1. The van der Waals surface area contributed by atoms with Crippen LogP contribution in [0.1, 0.15) is 55.7 Å². The molecule has 1 N–H and O–H groups in total. The number of anilines is 1. The first kappa shape index (κ1) is 34.6. The summed E-state index contributed by atoms with van der Waals surface area (Å²) >= 11 is 12.8. The molecule has 0 radical (unpaired) electrons. The maximum Gasteiger partial charge on any atom is 0.416 e. The molecule has 1 aliphatic rings. The van der Waals surface area contributed by atoms with Gasteiger partial charge in [0, 0.05) is 28.2 Å². The maximum absolute atomic E-state index is 14.1. The number of hydrogen-bond acceptors (Lipinski definition) is 4. The van der Waals surface area contributed by atoms with Crippen LogP contribution in [0, 0.1) is 6.92 Å². The molecule has 1 atom stereocenters. The van der Waals surface area contributed by atoms with Gasteiger partial charge in [-0.05, 0) is 69.2 Å². The molecule has 242 valence electrons. The van der Waals surface area contributed by atoms with E-state index in [-0.39, 0.29) is 33.2 Å². The molecule has 0 aliphatic heterocycles. The lowest BCUT2D eigenvalue weighted by Gasteiger charge is -2.33. The van der Waals surface area contributed by atoms with Gasteiger partial charge in [0.25, 0.3) is 10.0 Å². The molecule has 1 saturated carbocycles. The van der Waals surface area contributed by atoms with Gasteiger partial charge in [0.15, 0.2) is 0 Å². The van der Waals surface area contributed by atoms with E-state index in [4.69, 9.17) is 23.2 Å². The molecule has 0 unspecified atom stereocenters. The van der Waals surface area contributed by atoms with Gasteiger partial charge in [0.1, 0.15) is 12.6 Å². The van der Waals surface area contributed by atoms with Gasteiger partial charge in [0.05, 0.1) is 16.1 Å². The van der Waals surface area contributed by atoms with Gasteiger partial charge >= 0.3 is 6.18 Å². The molecule has 4 rings (SSSR count). The van der Waals surface area contributed by atoms with Crippen LogP contribution in [0.2, 0.25) is 10.0 Å². The van der Waals surface area contributed by atoms with E-state index in [1.54, 1.807) is 37.3 Å². The molecule has 45 heavy (non-hydrogen) atoms. The standard InChI is InChI=1S/C32H34Cl2F3N3O4S/c1-21-14-16-26(17-15-21)45(43,44)40(25-11-6-8-23(18-25)32(35,36)37)20-30(41)39(19-27-28(33)12-7-13-29(27)34)22(2)31(42)38-24-9-4-3-5-10-24/h6-8,11-18,22,24H,3-5,9-10,19-20H2,1-2H3,(H,38,42)/t22-/m1/s1. The molecule has 7 nitrogen and oxygen atoms in total. The largest absolute Gasteiger partial charge is 0.416 e. The highest BCUT2D eigenvalue weighted by atomic mass is 35.5. The molecular weight excluding hydrogens is 650 g/mol. The molecule has 3 aromatic carbocycles. The molecule has 0 heterocycles. The third-order valence-corrected chi connectivity index (χ3v) is 10.4. The Morgan fingerprint density at radius 2 is 1.56 bits per heavy atom. The first-order valence-electron chi connectivity index (χ1n) is 14.5. The van der Waals surface area contributed by atoms with Crippen LogP contribution in [-0.2, 0) is 32.3 Å². The summed E-state index contributed by atoms with van der Waals surface area (Å²) in [5, 5.41) is 3.43. The van der Waals surface area contributed by atoms with Crippen LogP contribution in [0.5, 0.6) is 0 Å². The maximum atomic E-state index is 14.1. The quantitative estimate of drug-likeness (QED) is 0.242. The zero-order chi connectivity index (χ0) is 32.9. The minimum Gasteiger partial charge on any atom is -0.352 e. The second-order valence-corrected chi connectivity index (χ2v) is 13.8. The van der Waals surface area contributed by atoms with Crippen molar-refractivity contribution in [3.63, 3.8) is 0 Å². The van der Waals surface area contributed by atoms with Gasteiger partial charge in [-0.3, -0.25) is 13.9 Å². The average molecular weight is 685 g/mol. The predicted octanol–water partition coefficient (Wildman–Crippen LogP) is 7.38. The number of amides is 2. The fourth-order valence-corrected chi connectivity index (χ4v) is 7.13. The number of carbonyl (C=O) groups is 2. The number of rotatable bonds is 10. The lowest BCUT2D eigenvalue weighted by atomic mass is 9.95. The Balaban J connectivity index is 1.75. The second kappa shape index (κ2) is 14.4. The number of nitrogens with one attached hydrogen (secondary N) is 1. The van der Waals surface area contributed by atoms with Crippen LogP contribution in [0.4, 0.5) is 18.9 Å². The van der Waals surface area contributed by atoms with Crippen LogP contribution in [0.3, 0.4) is 0 Å². The summed E-state index contributed by atoms with van der Waals surface area (Å²) in [7, 11) is -4.55. The Bertz CT molecular complexity index is 1610. The van der Waals surface area contributed by atoms with E-state index in [9.17, 15) is 31.2 Å². The third-order valence-electron chi connectivity index (χ3n) is 7.86. The van der Waals surface area contributed by atoms with Crippen molar-refractivity contribution in [2.45, 2.75) is 75.7 Å². The zero-order valence-corrected chi connectivity index (χ0v) is 27.1. The van der Waals surface area contributed by atoms with Gasteiger partial charge in [0.2, 0.25) is 11.8 Å². The molecule has 3 aromatic rings. The van der Waals surface area contributed by atoms with Gasteiger partial charge in [-0.15, -0.1) is 0 Å². The van der Waals surface area contributed by atoms with E-state index < -0.39 is 46.2 Å². The van der Waals surface area contributed by atoms with Crippen molar-refractivity contribution in [2.75, 3.05) is 10.8 Å². The van der Waals surface area contributed by atoms with Crippen molar-refractivity contribution in [3.05, 3.63) is 93.5 Å². The number of nitrogens with zero attached hydrogens (tertiary/aromatic N) is 2. The van der Waals surface area contributed by atoms with E-state index >= 15 is 0 Å². The van der Waals surface area contributed by atoms with Crippen LogP contribution in [0.25, 0.3) is 0 Å². The van der Waals surface area contributed by atoms with Gasteiger partial charge in [-0.2, -0.15) is 13.2 Å². The molecule has 0 bridgehead atoms. The molecule has 0 aromatic heterocycles. The lowest BCUT2D eigenvalue weighted by molar-refractivity contribution is -0.139. The number of aryl methyl sites for hydroxylation is 1. The van der Waals surface area contributed by atoms with Gasteiger partial charge < -0.3 is 10.2 Å². The fraction of sp³-hybridized carbons (Fsp3) is 0.375. The molecule has 1 aliphatic carbocycles. The highest BCUT2D eigenvalue weighted by molar-refractivity contribution is 7.92. The Labute approximate surface area is 271 Å². The monoisotopic (exact) mass is 683 g/mol. The topological polar surface area (TPSA) is 86.8 Å². The van der Waals surface area contributed by atoms with E-state index in [1.165, 1.54) is 25.1 Å². The number of sulfonamides is 1. The summed E-state index contributed by atoms with van der Waals surface area (Å²) in [6, 6.07) is 13.0. The predicted molar refractivity (Wildman–Crippen MR) is 169 cm³/mol. The van der Waals surface area contributed by atoms with Gasteiger partial charge in [-0.25, -0.2) is 8.42 Å². The number of benzene rings is 3. The number of alkyl halides is 3. The summed E-state index contributed by atoms with van der Waals surface area (Å²) < 4.78 is 69.6. The highest BCUT2D eigenvalue weighted by Gasteiger charge is 2.36. The van der Waals surface area contributed by atoms with E-state index in [2.05, 4.69) is 5.32 Å². The minimum atomic E-state index is -4.77. The first-order valence-corrected chi connectivity index (χ1v) is 16.7. The molecular formula is C32H34Cl2F3N3O4S. The molecule has 13 heteroatoms. The normalized spacial score (nSPS) is 14.9. The smallest absolute Gasteiger partial charge is 0.352 e. The summed E-state index contributed by atoms with van der Waals surface area (Å²) in [5.41, 5.74) is -0.361. The average Bonchev–Trinajstić information content (AvgIpc) is 2.99. The van der Waals surface area contributed by atoms with Crippen molar-refractivity contribution in [1.29, 1.82) is 0 Å². The molecule has 0 spiro atoms. The van der Waals surface area contributed by atoms with Crippen molar-refractivity contribution in [1.82, 2.24) is 10.2 Å². The summed E-state index contributed by atoms with van der Waals surface area (Å²) in [5.74, 6) is -1.30. The van der Waals surface area contributed by atoms with E-state index in [0.717, 1.165) is 54.7 Å². The first-order chi connectivity index (χ1) is 21.2. The Morgan fingerprint density at radius 1 is 0.956 bits per heavy atom. The summed E-state index contributed by atoms with van der Waals surface area (Å²) in [6.45, 7) is 2.10. The number of carbonyl (C=O) groups excluding carboxylic acids is 2. The van der Waals surface area contributed by atoms with E-state index in [0.29, 0.717) is 15.9 Å². The Morgan fingerprint density at radius 3 is 2.16 bits per heavy atom. The van der Waals surface area contributed by atoms with Gasteiger partial charge in [-0.1, -0.05) is 72.3 Å². The highest BCUT2D eigenvalue weighted by Crippen LogP contribution is 2.34. The third kappa shape index (κ3) is 8.51. The lowest BCUT2D eigenvalue weighted by Crippen LogP contribution is -2.53. The van der Waals surface area contributed by atoms with Crippen LogP contribution in [0.15, 0.2) is 71.6 Å². The van der Waals surface area contributed by atoms with Crippen molar-refractivity contribution >= 4 is 50.7 Å². The fourth-order valence-electron chi connectivity index (χ4n) is 5.21. The molecule has 0 saturated heterocycles. The summed E-state index contributed by atoms with van der Waals surface area (Å²) in [4.78, 5) is 28.5. The van der Waals surface area contributed by atoms with Crippen LogP contribution < -0.4 is 9.62 Å². The van der Waals surface area contributed by atoms with Crippen molar-refractivity contribution < 1.29 is 31.2 Å². The van der Waals surface area contributed by atoms with Crippen LogP contribution in [-0.4, -0.2) is 43.8 Å². The van der Waals surface area contributed by atoms with Crippen molar-refractivity contribution in [2.24, 2.45) is 0 Å². The SMILES string of the molecule is Cc1ccc(S(=O)(=O)N(CC(=O)N(Cc2c(Cl)cccc2Cl)[C@H](C)C(=O)NC2CCCCC2)c2cccc(C(F)(F)F)c2)cc1. The molecule has 1 fully saturated rings. The van der Waals surface area contributed by atoms with Crippen LogP contribution >= 0.6 is 23.2 Å². The minimum absolute atomic E-state index is 0.0712. The number of hydrogen-bond donors (Lipinski definition) is 1. The number of halogens is 5. The van der Waals surface area contributed by atoms with Crippen molar-refractivity contribution in [3.8, 4) is 0 Å². The van der Waals surface area contributed by atoms with E-state index in [1.807, 2.05) is 0 Å².